The summed E-state index contributed by atoms with van der Waals surface area (Å²) in [5, 5.41) is 17.3. The number of nitrogens with zero attached hydrogens (tertiary/aromatic N) is 2. The Balaban J connectivity index is 2.92. The summed E-state index contributed by atoms with van der Waals surface area (Å²) in [6.45, 7) is 1.74. The molecule has 1 saturated heterocycles. The van der Waals surface area contributed by atoms with Gasteiger partial charge in [-0.25, -0.2) is 4.79 Å². The van der Waals surface area contributed by atoms with Crippen molar-refractivity contribution in [1.29, 1.82) is 0 Å². The number of barbiturate groups is 1. The van der Waals surface area contributed by atoms with Gasteiger partial charge in [-0.3, -0.25) is 20.0 Å². The normalized spacial score (nSPS) is 19.5. The Hall–Kier alpha value is -1.47. The van der Waals surface area contributed by atoms with Crippen LogP contribution in [0.4, 0.5) is 4.79 Å². The van der Waals surface area contributed by atoms with Gasteiger partial charge in [-0.15, -0.1) is 10.1 Å². The first-order valence-electron chi connectivity index (χ1n) is 4.10. The van der Waals surface area contributed by atoms with Gasteiger partial charge in [-0.2, -0.15) is 0 Å². The number of hydrogen-bond acceptors (Lipinski definition) is 5. The third-order valence-corrected chi connectivity index (χ3v) is 1.95. The van der Waals surface area contributed by atoms with Crippen LogP contribution in [0.2, 0.25) is 0 Å². The predicted octanol–water partition coefficient (Wildman–Crippen LogP) is -0.0281. The standard InChI is InChI=1S/C7H10N2O5/c1-2-3-4-5(10)8(13)7(12)9(14)6(4)11/h4,13-14H,2-3H2,1H3. The molecule has 7 nitrogen and oxygen atoms in total. The van der Waals surface area contributed by atoms with Crippen LogP contribution in [0, 0.1) is 5.92 Å². The molecule has 1 aliphatic heterocycles. The molecule has 0 atom stereocenters. The van der Waals surface area contributed by atoms with Gasteiger partial charge in [0.1, 0.15) is 5.92 Å². The molecule has 0 bridgehead atoms. The van der Waals surface area contributed by atoms with Crippen molar-refractivity contribution in [3.8, 4) is 0 Å². The zero-order valence-electron chi connectivity index (χ0n) is 7.51. The fourth-order valence-electron chi connectivity index (χ4n) is 1.21. The van der Waals surface area contributed by atoms with E-state index in [0.29, 0.717) is 6.42 Å². The van der Waals surface area contributed by atoms with Crippen molar-refractivity contribution in [1.82, 2.24) is 10.1 Å². The van der Waals surface area contributed by atoms with E-state index in [-0.39, 0.29) is 16.5 Å². The Bertz CT molecular complexity index is 266. The zero-order chi connectivity index (χ0) is 10.9. The van der Waals surface area contributed by atoms with Gasteiger partial charge in [-0.1, -0.05) is 13.3 Å². The average molecular weight is 202 g/mol. The van der Waals surface area contributed by atoms with Gasteiger partial charge >= 0.3 is 6.03 Å². The molecule has 1 aliphatic rings. The second-order valence-corrected chi connectivity index (χ2v) is 2.92. The zero-order valence-corrected chi connectivity index (χ0v) is 7.51. The molecule has 2 N–H and O–H groups in total. The molecule has 0 aromatic carbocycles. The highest BCUT2D eigenvalue weighted by atomic mass is 16.6. The molecular formula is C7H10N2O5. The van der Waals surface area contributed by atoms with E-state index in [9.17, 15) is 14.4 Å². The number of urea groups is 1. The van der Waals surface area contributed by atoms with Crippen LogP contribution in [0.1, 0.15) is 19.8 Å². The van der Waals surface area contributed by atoms with E-state index in [4.69, 9.17) is 10.4 Å². The number of amides is 4. The molecule has 0 radical (unpaired) electrons. The molecule has 14 heavy (non-hydrogen) atoms. The van der Waals surface area contributed by atoms with Crippen LogP contribution in [0.5, 0.6) is 0 Å². The van der Waals surface area contributed by atoms with E-state index in [0.717, 1.165) is 0 Å². The number of hydroxylamine groups is 4. The maximum absolute atomic E-state index is 11.2. The molecular weight excluding hydrogens is 192 g/mol. The van der Waals surface area contributed by atoms with E-state index in [1.807, 2.05) is 0 Å². The van der Waals surface area contributed by atoms with E-state index < -0.39 is 23.8 Å². The molecule has 4 amide bonds. The SMILES string of the molecule is CCCC1C(=O)N(O)C(=O)N(O)C1=O. The van der Waals surface area contributed by atoms with E-state index in [1.165, 1.54) is 0 Å². The van der Waals surface area contributed by atoms with Gasteiger partial charge in [0.2, 0.25) is 0 Å². The molecule has 0 aliphatic carbocycles. The third-order valence-electron chi connectivity index (χ3n) is 1.95. The Kier molecular flexibility index (Phi) is 2.82. The monoisotopic (exact) mass is 202 g/mol. The van der Waals surface area contributed by atoms with Crippen LogP contribution in [-0.4, -0.2) is 38.4 Å². The van der Waals surface area contributed by atoms with E-state index in [1.54, 1.807) is 6.92 Å². The van der Waals surface area contributed by atoms with Crippen LogP contribution in [0.15, 0.2) is 0 Å². The first-order chi connectivity index (χ1) is 6.50. The molecule has 1 fully saturated rings. The summed E-state index contributed by atoms with van der Waals surface area (Å²) < 4.78 is 0. The van der Waals surface area contributed by atoms with Crippen LogP contribution in [0.25, 0.3) is 0 Å². The third kappa shape index (κ3) is 1.47. The fraction of sp³-hybridized carbons (Fsp3) is 0.571. The summed E-state index contributed by atoms with van der Waals surface area (Å²) in [5.74, 6) is -3.16. The Labute approximate surface area is 79.4 Å². The second-order valence-electron chi connectivity index (χ2n) is 2.92. The molecule has 1 heterocycles. The van der Waals surface area contributed by atoms with Gasteiger partial charge in [-0.05, 0) is 6.42 Å². The Morgan fingerprint density at radius 2 is 1.57 bits per heavy atom. The second kappa shape index (κ2) is 3.72. The molecule has 1 rings (SSSR count). The largest absolute Gasteiger partial charge is 0.382 e. The van der Waals surface area contributed by atoms with E-state index >= 15 is 0 Å². The molecule has 0 unspecified atom stereocenters. The van der Waals surface area contributed by atoms with Crippen molar-refractivity contribution in [2.45, 2.75) is 19.8 Å². The van der Waals surface area contributed by atoms with Gasteiger partial charge in [0, 0.05) is 0 Å². The quantitative estimate of drug-likeness (QED) is 0.484. The molecule has 78 valence electrons. The van der Waals surface area contributed by atoms with Gasteiger partial charge < -0.3 is 0 Å². The van der Waals surface area contributed by atoms with Gasteiger partial charge in [0.15, 0.2) is 0 Å². The summed E-state index contributed by atoms with van der Waals surface area (Å²) in [5.41, 5.74) is 0. The minimum atomic E-state index is -1.44. The summed E-state index contributed by atoms with van der Waals surface area (Å²) >= 11 is 0. The summed E-state index contributed by atoms with van der Waals surface area (Å²) in [7, 11) is 0. The van der Waals surface area contributed by atoms with Crippen LogP contribution in [0.3, 0.4) is 0 Å². The smallest absolute Gasteiger partial charge is 0.277 e. The minimum absolute atomic E-state index is 0.180. The molecule has 0 aromatic rings. The number of rotatable bonds is 2. The Morgan fingerprint density at radius 3 is 1.93 bits per heavy atom. The number of hydrogen-bond donors (Lipinski definition) is 2. The van der Waals surface area contributed by atoms with Crippen molar-refractivity contribution in [3.63, 3.8) is 0 Å². The highest BCUT2D eigenvalue weighted by Crippen LogP contribution is 2.18. The van der Waals surface area contributed by atoms with Gasteiger partial charge in [0.05, 0.1) is 0 Å². The molecule has 0 saturated carbocycles. The number of imide groups is 2. The fourth-order valence-corrected chi connectivity index (χ4v) is 1.21. The lowest BCUT2D eigenvalue weighted by molar-refractivity contribution is -0.192. The molecule has 7 heteroatoms. The van der Waals surface area contributed by atoms with Crippen LogP contribution >= 0.6 is 0 Å². The minimum Gasteiger partial charge on any atom is -0.277 e. The first-order valence-corrected chi connectivity index (χ1v) is 4.10. The van der Waals surface area contributed by atoms with Crippen molar-refractivity contribution >= 4 is 17.8 Å². The average Bonchev–Trinajstić information content (AvgIpc) is 2.19. The summed E-state index contributed by atoms with van der Waals surface area (Å²) in [4.78, 5) is 33.2. The van der Waals surface area contributed by atoms with Crippen molar-refractivity contribution in [2.24, 2.45) is 5.92 Å². The van der Waals surface area contributed by atoms with E-state index in [2.05, 4.69) is 0 Å². The predicted molar refractivity (Wildman–Crippen MR) is 41.1 cm³/mol. The van der Waals surface area contributed by atoms with Crippen molar-refractivity contribution in [3.05, 3.63) is 0 Å². The molecule has 0 aromatic heterocycles. The first kappa shape index (κ1) is 10.6. The lowest BCUT2D eigenvalue weighted by atomic mass is 10.0. The molecule has 0 spiro atoms. The van der Waals surface area contributed by atoms with Crippen molar-refractivity contribution < 1.29 is 24.8 Å². The highest BCUT2D eigenvalue weighted by molar-refractivity contribution is 6.14. The maximum atomic E-state index is 11.2. The van der Waals surface area contributed by atoms with Gasteiger partial charge in [0.25, 0.3) is 11.8 Å². The van der Waals surface area contributed by atoms with Crippen LogP contribution in [-0.2, 0) is 9.59 Å². The lowest BCUT2D eigenvalue weighted by Crippen LogP contribution is -2.57. The van der Waals surface area contributed by atoms with Crippen LogP contribution < -0.4 is 0 Å². The van der Waals surface area contributed by atoms with Crippen molar-refractivity contribution in [2.75, 3.05) is 0 Å². The summed E-state index contributed by atoms with van der Waals surface area (Å²) in [6.07, 6.45) is 0.705. The Morgan fingerprint density at radius 1 is 1.14 bits per heavy atom. The lowest BCUT2D eigenvalue weighted by Gasteiger charge is -2.29. The number of carbonyl (C=O) groups is 3. The highest BCUT2D eigenvalue weighted by Gasteiger charge is 2.44. The summed E-state index contributed by atoms with van der Waals surface area (Å²) in [6, 6.07) is -1.44. The topological polar surface area (TPSA) is 98.2 Å². The maximum Gasteiger partial charge on any atom is 0.382 e. The number of carbonyl (C=O) groups excluding carboxylic acids is 3.